The van der Waals surface area contributed by atoms with Crippen LogP contribution in [0.3, 0.4) is 0 Å². The van der Waals surface area contributed by atoms with Crippen molar-refractivity contribution < 1.29 is 0 Å². The van der Waals surface area contributed by atoms with Crippen molar-refractivity contribution in [1.29, 1.82) is 0 Å². The second kappa shape index (κ2) is 5.46. The highest BCUT2D eigenvalue weighted by Crippen LogP contribution is 2.41. The maximum Gasteiger partial charge on any atom is 0.190 e. The van der Waals surface area contributed by atoms with Gasteiger partial charge in [0.05, 0.1) is 6.57 Å². The van der Waals surface area contributed by atoms with Gasteiger partial charge in [-0.1, -0.05) is 0 Å². The van der Waals surface area contributed by atoms with Crippen LogP contribution in [0.25, 0.3) is 15.7 Å². The van der Waals surface area contributed by atoms with Gasteiger partial charge in [0.25, 0.3) is 0 Å². The molecule has 0 bridgehead atoms. The van der Waals surface area contributed by atoms with E-state index in [1.165, 1.54) is 24.8 Å². The van der Waals surface area contributed by atoms with Gasteiger partial charge in [-0.3, -0.25) is 0 Å². The van der Waals surface area contributed by atoms with Gasteiger partial charge in [-0.15, -0.1) is 0 Å². The van der Waals surface area contributed by atoms with Gasteiger partial charge in [-0.05, 0) is 66.1 Å². The normalized spacial score (nSPS) is 22.3. The third-order valence-corrected chi connectivity index (χ3v) is 6.03. The lowest BCUT2D eigenvalue weighted by atomic mass is 10.1. The average Bonchev–Trinajstić information content (AvgIpc) is 3.03. The predicted molar refractivity (Wildman–Crippen MR) is 90.8 cm³/mol. The minimum absolute atomic E-state index is 0.597. The highest BCUT2D eigenvalue weighted by atomic mass is 79.9. The summed E-state index contributed by atoms with van der Waals surface area (Å²) in [7, 11) is 0. The Bertz CT molecular complexity index is 699. The van der Waals surface area contributed by atoms with E-state index in [1.54, 1.807) is 0 Å². The molecule has 1 heterocycles. The Hall–Kier alpha value is -0.920. The molecule has 2 aromatic rings. The lowest BCUT2D eigenvalue weighted by Crippen LogP contribution is -2.04. The van der Waals surface area contributed by atoms with Crippen molar-refractivity contribution in [3.63, 3.8) is 0 Å². The lowest BCUT2D eigenvalue weighted by Gasteiger charge is -2.14. The molecule has 0 amide bonds. The van der Waals surface area contributed by atoms with E-state index < -0.39 is 0 Å². The van der Waals surface area contributed by atoms with Gasteiger partial charge in [-0.25, -0.2) is 4.85 Å². The zero-order valence-corrected chi connectivity index (χ0v) is 14.1. The van der Waals surface area contributed by atoms with Crippen molar-refractivity contribution in [3.8, 4) is 0 Å². The fraction of sp³-hybridized carbons (Fsp3) is 0.438. The molecule has 0 unspecified atom stereocenters. The number of nitrogens with zero attached hydrogens (tertiary/aromatic N) is 2. The minimum Gasteiger partial charge on any atom is -0.343 e. The van der Waals surface area contributed by atoms with Crippen molar-refractivity contribution in [2.24, 2.45) is 0 Å². The van der Waals surface area contributed by atoms with Crippen LogP contribution in [0.5, 0.6) is 0 Å². The first-order chi connectivity index (χ1) is 9.63. The Morgan fingerprint density at radius 3 is 2.85 bits per heavy atom. The molecule has 1 aliphatic carbocycles. The molecular formula is C16H17BrN2S. The Morgan fingerprint density at radius 1 is 1.40 bits per heavy atom. The zero-order chi connectivity index (χ0) is 14.3. The van der Waals surface area contributed by atoms with Crippen molar-refractivity contribution in [2.45, 2.75) is 37.5 Å². The van der Waals surface area contributed by atoms with Crippen LogP contribution in [0.15, 0.2) is 22.8 Å². The summed E-state index contributed by atoms with van der Waals surface area (Å²) in [5, 5.41) is 1.95. The van der Waals surface area contributed by atoms with Crippen LogP contribution >= 0.6 is 27.7 Å². The van der Waals surface area contributed by atoms with E-state index in [9.17, 15) is 0 Å². The second-order valence-corrected chi connectivity index (χ2v) is 7.47. The van der Waals surface area contributed by atoms with Gasteiger partial charge in [0.1, 0.15) is 0 Å². The summed E-state index contributed by atoms with van der Waals surface area (Å²) >= 11 is 5.64. The maximum absolute atomic E-state index is 7.26. The van der Waals surface area contributed by atoms with Crippen molar-refractivity contribution >= 4 is 44.3 Å². The molecule has 1 aromatic carbocycles. The van der Waals surface area contributed by atoms with E-state index in [4.69, 9.17) is 6.57 Å². The highest BCUT2D eigenvalue weighted by Gasteiger charge is 2.26. The summed E-state index contributed by atoms with van der Waals surface area (Å²) in [4.78, 5) is 3.61. The molecule has 20 heavy (non-hydrogen) atoms. The monoisotopic (exact) mass is 348 g/mol. The molecule has 0 spiro atoms. The summed E-state index contributed by atoms with van der Waals surface area (Å²) in [5.41, 5.74) is 3.08. The molecule has 1 aliphatic rings. The van der Waals surface area contributed by atoms with E-state index in [1.807, 2.05) is 24.8 Å². The molecular weight excluding hydrogens is 332 g/mol. The Labute approximate surface area is 132 Å². The first-order valence-electron chi connectivity index (χ1n) is 6.85. The Morgan fingerprint density at radius 2 is 2.20 bits per heavy atom. The van der Waals surface area contributed by atoms with Crippen LogP contribution in [0.2, 0.25) is 0 Å². The standard InChI is InChI=1S/C16H17BrN2S/c1-10-6-16-13(8-15(10)18-2)14(17)9-19(16)11-4-5-12(7-11)20-3/h6,8-9,11-12H,4-5,7H2,1,3H3/t11-,12+/m1/s1. The molecule has 0 N–H and O–H groups in total. The molecule has 1 fully saturated rings. The quantitative estimate of drug-likeness (QED) is 0.630. The number of aryl methyl sites for hydroxylation is 1. The number of thioether (sulfide) groups is 1. The van der Waals surface area contributed by atoms with Crippen LogP contribution in [-0.2, 0) is 0 Å². The van der Waals surface area contributed by atoms with Gasteiger partial charge in [0.2, 0.25) is 0 Å². The lowest BCUT2D eigenvalue weighted by molar-refractivity contribution is 0.536. The summed E-state index contributed by atoms with van der Waals surface area (Å²) < 4.78 is 3.51. The fourth-order valence-electron chi connectivity index (χ4n) is 3.15. The zero-order valence-electron chi connectivity index (χ0n) is 11.7. The first kappa shape index (κ1) is 14.0. The average molecular weight is 349 g/mol. The van der Waals surface area contributed by atoms with E-state index in [0.29, 0.717) is 6.04 Å². The summed E-state index contributed by atoms with van der Waals surface area (Å²) in [6, 6.07) is 4.78. The van der Waals surface area contributed by atoms with E-state index in [0.717, 1.165) is 26.4 Å². The number of aromatic nitrogens is 1. The van der Waals surface area contributed by atoms with Crippen LogP contribution < -0.4 is 0 Å². The molecule has 4 heteroatoms. The van der Waals surface area contributed by atoms with E-state index >= 15 is 0 Å². The number of hydrogen-bond donors (Lipinski definition) is 0. The van der Waals surface area contributed by atoms with Crippen molar-refractivity contribution in [1.82, 2.24) is 4.57 Å². The molecule has 1 aromatic heterocycles. The summed E-state index contributed by atoms with van der Waals surface area (Å²) in [6.45, 7) is 9.28. The number of rotatable bonds is 2. The van der Waals surface area contributed by atoms with E-state index in [2.05, 4.69) is 43.9 Å². The molecule has 0 saturated heterocycles. The summed E-state index contributed by atoms with van der Waals surface area (Å²) in [6.07, 6.45) is 8.22. The molecule has 0 aliphatic heterocycles. The molecule has 3 rings (SSSR count). The predicted octanol–water partition coefficient (Wildman–Crippen LogP) is 5.72. The Balaban J connectivity index is 2.09. The number of halogens is 1. The SMILES string of the molecule is [C-]#[N+]c1cc2c(Br)cn([C@@H]3CC[C@H](SC)C3)c2cc1C. The smallest absolute Gasteiger partial charge is 0.190 e. The molecule has 104 valence electrons. The van der Waals surface area contributed by atoms with Crippen LogP contribution in [-0.4, -0.2) is 16.1 Å². The van der Waals surface area contributed by atoms with Gasteiger partial charge in [-0.2, -0.15) is 11.8 Å². The maximum atomic E-state index is 7.26. The van der Waals surface area contributed by atoms with Crippen molar-refractivity contribution in [2.75, 3.05) is 6.26 Å². The minimum atomic E-state index is 0.597. The molecule has 0 radical (unpaired) electrons. The van der Waals surface area contributed by atoms with Crippen LogP contribution in [0, 0.1) is 13.5 Å². The number of hydrogen-bond acceptors (Lipinski definition) is 1. The van der Waals surface area contributed by atoms with Crippen molar-refractivity contribution in [3.05, 3.63) is 39.8 Å². The van der Waals surface area contributed by atoms with Gasteiger partial charge in [0.15, 0.2) is 5.69 Å². The highest BCUT2D eigenvalue weighted by molar-refractivity contribution is 9.10. The van der Waals surface area contributed by atoms with Crippen LogP contribution in [0.4, 0.5) is 5.69 Å². The largest absolute Gasteiger partial charge is 0.343 e. The molecule has 2 nitrogen and oxygen atoms in total. The third kappa shape index (κ3) is 2.27. The summed E-state index contributed by atoms with van der Waals surface area (Å²) in [5.74, 6) is 0. The van der Waals surface area contributed by atoms with E-state index in [-0.39, 0.29) is 0 Å². The first-order valence-corrected chi connectivity index (χ1v) is 8.93. The third-order valence-electron chi connectivity index (χ3n) is 4.31. The van der Waals surface area contributed by atoms with Gasteiger partial charge < -0.3 is 4.57 Å². The fourth-order valence-corrected chi connectivity index (χ4v) is 4.48. The van der Waals surface area contributed by atoms with Gasteiger partial charge >= 0.3 is 0 Å². The topological polar surface area (TPSA) is 9.29 Å². The Kier molecular flexibility index (Phi) is 3.83. The second-order valence-electron chi connectivity index (χ2n) is 5.48. The molecule has 1 saturated carbocycles. The van der Waals surface area contributed by atoms with Gasteiger partial charge in [0, 0.05) is 32.9 Å². The number of benzene rings is 1. The molecule has 2 atom stereocenters. The number of fused-ring (bicyclic) bond motifs is 1. The van der Waals surface area contributed by atoms with Crippen LogP contribution in [0.1, 0.15) is 30.9 Å².